The van der Waals surface area contributed by atoms with Gasteiger partial charge in [0.2, 0.25) is 0 Å². The van der Waals surface area contributed by atoms with Crippen molar-refractivity contribution in [1.29, 1.82) is 0 Å². The van der Waals surface area contributed by atoms with Crippen LogP contribution in [0.4, 0.5) is 5.69 Å². The number of carbonyl (C=O) groups is 2. The first-order valence-electron chi connectivity index (χ1n) is 8.77. The zero-order chi connectivity index (χ0) is 20.6. The largest absolute Gasteiger partial charge is 0.493 e. The van der Waals surface area contributed by atoms with Crippen LogP contribution < -0.4 is 20.1 Å². The number of hydrogen-bond donors (Lipinski definition) is 2. The minimum atomic E-state index is -0.444. The third kappa shape index (κ3) is 5.07. The fourth-order valence-corrected chi connectivity index (χ4v) is 2.59. The summed E-state index contributed by atoms with van der Waals surface area (Å²) in [6, 6.07) is 11.6. The van der Waals surface area contributed by atoms with Crippen LogP contribution in [0.25, 0.3) is 0 Å². The number of pyridine rings is 2. The molecule has 0 aliphatic rings. The summed E-state index contributed by atoms with van der Waals surface area (Å²) in [5, 5.41) is 5.53. The Morgan fingerprint density at radius 1 is 0.897 bits per heavy atom. The van der Waals surface area contributed by atoms with Gasteiger partial charge in [0.1, 0.15) is 5.69 Å². The highest BCUT2D eigenvalue weighted by Gasteiger charge is 2.13. The Morgan fingerprint density at radius 3 is 2.38 bits per heavy atom. The van der Waals surface area contributed by atoms with Crippen LogP contribution in [0, 0.1) is 0 Å². The van der Waals surface area contributed by atoms with Crippen LogP contribution in [-0.4, -0.2) is 36.0 Å². The minimum absolute atomic E-state index is 0.122. The van der Waals surface area contributed by atoms with Crippen LogP contribution in [0.5, 0.6) is 11.5 Å². The molecule has 29 heavy (non-hydrogen) atoms. The first kappa shape index (κ1) is 19.8. The molecule has 3 rings (SSSR count). The van der Waals surface area contributed by atoms with Gasteiger partial charge in [0.25, 0.3) is 11.8 Å². The van der Waals surface area contributed by atoms with Gasteiger partial charge in [-0.3, -0.25) is 19.6 Å². The summed E-state index contributed by atoms with van der Waals surface area (Å²) < 4.78 is 10.4. The van der Waals surface area contributed by atoms with Gasteiger partial charge in [0.05, 0.1) is 14.2 Å². The standard InChI is InChI=1S/C21H20N4O4/c1-28-18-4-3-16(12-19(18)29-2)25-21(27)17-11-15(7-10-23-17)20(26)24-13-14-5-8-22-9-6-14/h3-12H,13H2,1-2H3,(H,24,26)(H,25,27). The van der Waals surface area contributed by atoms with Crippen molar-refractivity contribution in [3.05, 3.63) is 77.9 Å². The van der Waals surface area contributed by atoms with Crippen LogP contribution in [-0.2, 0) is 6.54 Å². The molecule has 0 atom stereocenters. The van der Waals surface area contributed by atoms with Gasteiger partial charge in [0, 0.05) is 42.5 Å². The van der Waals surface area contributed by atoms with Gasteiger partial charge in [-0.1, -0.05) is 0 Å². The molecule has 0 unspecified atom stereocenters. The third-order valence-electron chi connectivity index (χ3n) is 4.10. The van der Waals surface area contributed by atoms with E-state index < -0.39 is 5.91 Å². The molecule has 0 bridgehead atoms. The lowest BCUT2D eigenvalue weighted by Gasteiger charge is -2.11. The Bertz CT molecular complexity index is 1010. The molecule has 8 heteroatoms. The maximum absolute atomic E-state index is 12.5. The Balaban J connectivity index is 1.68. The first-order valence-corrected chi connectivity index (χ1v) is 8.77. The molecule has 3 aromatic rings. The number of amides is 2. The summed E-state index contributed by atoms with van der Waals surface area (Å²) in [6.45, 7) is 0.358. The van der Waals surface area contributed by atoms with Crippen LogP contribution >= 0.6 is 0 Å². The Morgan fingerprint density at radius 2 is 1.66 bits per heavy atom. The van der Waals surface area contributed by atoms with E-state index in [2.05, 4.69) is 20.6 Å². The van der Waals surface area contributed by atoms with Crippen molar-refractivity contribution in [3.63, 3.8) is 0 Å². The van der Waals surface area contributed by atoms with Gasteiger partial charge in [0.15, 0.2) is 11.5 Å². The fraction of sp³-hybridized carbons (Fsp3) is 0.143. The molecule has 0 aliphatic heterocycles. The third-order valence-corrected chi connectivity index (χ3v) is 4.10. The Labute approximate surface area is 167 Å². The van der Waals surface area contributed by atoms with Crippen LogP contribution in [0.1, 0.15) is 26.4 Å². The first-order chi connectivity index (χ1) is 14.1. The Hall–Kier alpha value is -3.94. The summed E-state index contributed by atoms with van der Waals surface area (Å²) >= 11 is 0. The number of benzene rings is 1. The van der Waals surface area contributed by atoms with Gasteiger partial charge in [-0.25, -0.2) is 0 Å². The van der Waals surface area contributed by atoms with Crippen LogP contribution in [0.2, 0.25) is 0 Å². The van der Waals surface area contributed by atoms with Crippen molar-refractivity contribution in [2.75, 3.05) is 19.5 Å². The van der Waals surface area contributed by atoms with E-state index in [-0.39, 0.29) is 11.6 Å². The van der Waals surface area contributed by atoms with E-state index in [0.717, 1.165) is 5.56 Å². The molecule has 2 amide bonds. The average molecular weight is 392 g/mol. The van der Waals surface area contributed by atoms with Crippen molar-refractivity contribution < 1.29 is 19.1 Å². The molecule has 2 aromatic heterocycles. The molecular formula is C21H20N4O4. The van der Waals surface area contributed by atoms with Crippen molar-refractivity contribution in [1.82, 2.24) is 15.3 Å². The molecule has 0 saturated heterocycles. The summed E-state index contributed by atoms with van der Waals surface area (Å²) in [5.41, 5.74) is 1.90. The van der Waals surface area contributed by atoms with Crippen molar-refractivity contribution >= 4 is 17.5 Å². The van der Waals surface area contributed by atoms with Gasteiger partial charge in [-0.05, 0) is 42.0 Å². The summed E-state index contributed by atoms with van der Waals surface area (Å²) in [7, 11) is 3.05. The van der Waals surface area contributed by atoms with E-state index in [0.29, 0.717) is 29.3 Å². The molecule has 2 heterocycles. The minimum Gasteiger partial charge on any atom is -0.493 e. The van der Waals surface area contributed by atoms with Gasteiger partial charge < -0.3 is 20.1 Å². The molecule has 0 aliphatic carbocycles. The number of hydrogen-bond acceptors (Lipinski definition) is 6. The molecule has 8 nitrogen and oxygen atoms in total. The normalized spacial score (nSPS) is 10.1. The van der Waals surface area contributed by atoms with Crippen molar-refractivity contribution in [3.8, 4) is 11.5 Å². The predicted octanol–water partition coefficient (Wildman–Crippen LogP) is 2.68. The van der Waals surface area contributed by atoms with Gasteiger partial charge >= 0.3 is 0 Å². The molecule has 0 saturated carbocycles. The highest BCUT2D eigenvalue weighted by molar-refractivity contribution is 6.04. The highest BCUT2D eigenvalue weighted by Crippen LogP contribution is 2.29. The number of rotatable bonds is 7. The maximum atomic E-state index is 12.5. The lowest BCUT2D eigenvalue weighted by atomic mass is 10.2. The topological polar surface area (TPSA) is 102 Å². The summed E-state index contributed by atoms with van der Waals surface area (Å²) in [6.07, 6.45) is 4.74. The van der Waals surface area contributed by atoms with Crippen LogP contribution in [0.3, 0.4) is 0 Å². The number of nitrogens with zero attached hydrogens (tertiary/aromatic N) is 2. The number of carbonyl (C=O) groups excluding carboxylic acids is 2. The molecular weight excluding hydrogens is 372 g/mol. The van der Waals surface area contributed by atoms with Gasteiger partial charge in [-0.15, -0.1) is 0 Å². The molecule has 148 valence electrons. The summed E-state index contributed by atoms with van der Waals surface area (Å²) in [5.74, 6) is 0.296. The number of nitrogens with one attached hydrogen (secondary N) is 2. The van der Waals surface area contributed by atoms with E-state index in [1.165, 1.54) is 26.5 Å². The van der Waals surface area contributed by atoms with E-state index in [1.807, 2.05) is 12.1 Å². The number of aromatic nitrogens is 2. The van der Waals surface area contributed by atoms with E-state index in [1.54, 1.807) is 36.7 Å². The summed E-state index contributed by atoms with van der Waals surface area (Å²) in [4.78, 5) is 32.9. The molecule has 0 radical (unpaired) electrons. The second-order valence-corrected chi connectivity index (χ2v) is 5.99. The second kappa shape index (κ2) is 9.32. The second-order valence-electron chi connectivity index (χ2n) is 5.99. The predicted molar refractivity (Wildman–Crippen MR) is 107 cm³/mol. The monoisotopic (exact) mass is 392 g/mol. The lowest BCUT2D eigenvalue weighted by Crippen LogP contribution is -2.23. The highest BCUT2D eigenvalue weighted by atomic mass is 16.5. The van der Waals surface area contributed by atoms with Crippen molar-refractivity contribution in [2.24, 2.45) is 0 Å². The van der Waals surface area contributed by atoms with E-state index in [9.17, 15) is 9.59 Å². The molecule has 2 N–H and O–H groups in total. The number of anilines is 1. The zero-order valence-electron chi connectivity index (χ0n) is 16.0. The van der Waals surface area contributed by atoms with Crippen LogP contribution in [0.15, 0.2) is 61.1 Å². The SMILES string of the molecule is COc1ccc(NC(=O)c2cc(C(=O)NCc3ccncc3)ccn2)cc1OC. The fourth-order valence-electron chi connectivity index (χ4n) is 2.59. The molecule has 1 aromatic carbocycles. The lowest BCUT2D eigenvalue weighted by molar-refractivity contribution is 0.0950. The quantitative estimate of drug-likeness (QED) is 0.641. The molecule has 0 fully saturated rings. The number of methoxy groups -OCH3 is 2. The van der Waals surface area contributed by atoms with E-state index in [4.69, 9.17) is 9.47 Å². The smallest absolute Gasteiger partial charge is 0.274 e. The average Bonchev–Trinajstić information content (AvgIpc) is 2.78. The zero-order valence-corrected chi connectivity index (χ0v) is 16.0. The number of ether oxygens (including phenoxy) is 2. The maximum Gasteiger partial charge on any atom is 0.274 e. The van der Waals surface area contributed by atoms with Crippen molar-refractivity contribution in [2.45, 2.75) is 6.54 Å². The Kier molecular flexibility index (Phi) is 6.36. The molecule has 0 spiro atoms. The van der Waals surface area contributed by atoms with E-state index >= 15 is 0 Å². The van der Waals surface area contributed by atoms with Gasteiger partial charge in [-0.2, -0.15) is 0 Å².